The highest BCUT2D eigenvalue weighted by molar-refractivity contribution is 14.1. The molecule has 0 atom stereocenters. The number of aryl methyl sites for hydroxylation is 1. The summed E-state index contributed by atoms with van der Waals surface area (Å²) in [5.74, 6) is 0. The van der Waals surface area contributed by atoms with Crippen molar-refractivity contribution in [2.45, 2.75) is 0 Å². The molecule has 0 saturated carbocycles. The first-order chi connectivity index (χ1) is 3.70. The van der Waals surface area contributed by atoms with Gasteiger partial charge in [-0.2, -0.15) is 0 Å². The summed E-state index contributed by atoms with van der Waals surface area (Å²) in [4.78, 5) is 0. The minimum absolute atomic E-state index is 1.32. The van der Waals surface area contributed by atoms with Crippen LogP contribution in [0.2, 0.25) is 0 Å². The van der Waals surface area contributed by atoms with Crippen molar-refractivity contribution < 1.29 is 0 Å². The lowest BCUT2D eigenvalue weighted by Gasteiger charge is -1.80. The molecular formula is C5H5I2N. The smallest absolute Gasteiger partial charge is 0.0440 e. The Morgan fingerprint density at radius 1 is 1.25 bits per heavy atom. The third-order valence-corrected chi connectivity index (χ3v) is 3.61. The first kappa shape index (κ1) is 6.85. The first-order valence-corrected chi connectivity index (χ1v) is 4.33. The predicted octanol–water partition coefficient (Wildman–Crippen LogP) is 2.23. The molecule has 1 aromatic heterocycles. The Bertz CT molecular complexity index is 173. The fourth-order valence-electron chi connectivity index (χ4n) is 0.518. The Hall–Kier alpha value is 0.740. The van der Waals surface area contributed by atoms with E-state index in [2.05, 4.69) is 62.1 Å². The molecule has 44 valence electrons. The van der Waals surface area contributed by atoms with E-state index in [-0.39, 0.29) is 0 Å². The van der Waals surface area contributed by atoms with Crippen molar-refractivity contribution >= 4 is 45.2 Å². The standard InChI is InChI=1S/C5H5I2N/c1-8-2-4(6)5(7)3-8/h2-3H,1H3. The molecule has 0 radical (unpaired) electrons. The van der Waals surface area contributed by atoms with Gasteiger partial charge in [0.1, 0.15) is 0 Å². The van der Waals surface area contributed by atoms with Crippen molar-refractivity contribution in [3.8, 4) is 0 Å². The maximum absolute atomic E-state index is 2.32. The summed E-state index contributed by atoms with van der Waals surface area (Å²) in [6.45, 7) is 0. The fourth-order valence-corrected chi connectivity index (χ4v) is 1.68. The molecule has 1 aromatic rings. The number of rotatable bonds is 0. The van der Waals surface area contributed by atoms with E-state index < -0.39 is 0 Å². The van der Waals surface area contributed by atoms with Crippen LogP contribution in [0.4, 0.5) is 0 Å². The van der Waals surface area contributed by atoms with Crippen LogP contribution >= 0.6 is 45.2 Å². The van der Waals surface area contributed by atoms with Crippen molar-refractivity contribution in [3.05, 3.63) is 19.5 Å². The average molecular weight is 333 g/mol. The van der Waals surface area contributed by atoms with Crippen LogP contribution in [-0.4, -0.2) is 4.57 Å². The van der Waals surface area contributed by atoms with E-state index in [4.69, 9.17) is 0 Å². The van der Waals surface area contributed by atoms with Gasteiger partial charge < -0.3 is 4.57 Å². The van der Waals surface area contributed by atoms with Crippen LogP contribution in [0.1, 0.15) is 0 Å². The van der Waals surface area contributed by atoms with E-state index in [1.54, 1.807) is 0 Å². The molecule has 0 aromatic carbocycles. The van der Waals surface area contributed by atoms with Crippen LogP contribution in [0.3, 0.4) is 0 Å². The van der Waals surface area contributed by atoms with Gasteiger partial charge in [-0.15, -0.1) is 0 Å². The van der Waals surface area contributed by atoms with E-state index in [1.807, 2.05) is 7.05 Å². The van der Waals surface area contributed by atoms with Gasteiger partial charge in [0.15, 0.2) is 0 Å². The summed E-state index contributed by atoms with van der Waals surface area (Å²) in [6, 6.07) is 0. The molecule has 3 heteroatoms. The zero-order valence-electron chi connectivity index (χ0n) is 4.36. The lowest BCUT2D eigenvalue weighted by atomic mass is 10.7. The van der Waals surface area contributed by atoms with E-state index in [9.17, 15) is 0 Å². The van der Waals surface area contributed by atoms with Crippen LogP contribution in [0.25, 0.3) is 0 Å². The zero-order valence-corrected chi connectivity index (χ0v) is 8.67. The number of aromatic nitrogens is 1. The monoisotopic (exact) mass is 333 g/mol. The molecule has 8 heavy (non-hydrogen) atoms. The number of hydrogen-bond donors (Lipinski definition) is 0. The van der Waals surface area contributed by atoms with Crippen molar-refractivity contribution in [2.75, 3.05) is 0 Å². The van der Waals surface area contributed by atoms with Crippen molar-refractivity contribution in [1.29, 1.82) is 0 Å². The van der Waals surface area contributed by atoms with E-state index in [0.717, 1.165) is 0 Å². The summed E-state index contributed by atoms with van der Waals surface area (Å²) in [5, 5.41) is 0. The lowest BCUT2D eigenvalue weighted by Crippen LogP contribution is -1.76. The Morgan fingerprint density at radius 3 is 1.75 bits per heavy atom. The second-order valence-corrected chi connectivity index (χ2v) is 3.94. The molecule has 0 aliphatic carbocycles. The van der Waals surface area contributed by atoms with Gasteiger partial charge in [-0.1, -0.05) is 0 Å². The molecule has 1 heterocycles. The molecule has 0 fully saturated rings. The SMILES string of the molecule is Cn1cc(I)c(I)c1. The number of nitrogens with zero attached hydrogens (tertiary/aromatic N) is 1. The number of halogens is 2. The highest BCUT2D eigenvalue weighted by Crippen LogP contribution is 2.13. The maximum atomic E-state index is 2.32. The Kier molecular flexibility index (Phi) is 2.19. The second kappa shape index (κ2) is 2.55. The predicted molar refractivity (Wildman–Crippen MR) is 50.8 cm³/mol. The summed E-state index contributed by atoms with van der Waals surface area (Å²) < 4.78 is 4.71. The quantitative estimate of drug-likeness (QED) is 0.642. The van der Waals surface area contributed by atoms with Gasteiger partial charge in [-0.05, 0) is 45.2 Å². The highest BCUT2D eigenvalue weighted by Gasteiger charge is 1.94. The molecule has 0 unspecified atom stereocenters. The first-order valence-electron chi connectivity index (χ1n) is 2.17. The second-order valence-electron chi connectivity index (χ2n) is 1.62. The third kappa shape index (κ3) is 1.37. The molecule has 1 rings (SSSR count). The normalized spacial score (nSPS) is 9.88. The van der Waals surface area contributed by atoms with Crippen LogP contribution in [-0.2, 0) is 7.05 Å². The van der Waals surface area contributed by atoms with Crippen molar-refractivity contribution in [2.24, 2.45) is 7.05 Å². The van der Waals surface area contributed by atoms with Gasteiger partial charge >= 0.3 is 0 Å². The summed E-state index contributed by atoms with van der Waals surface area (Å²) >= 11 is 4.63. The fraction of sp³-hybridized carbons (Fsp3) is 0.200. The molecular weight excluding hydrogens is 328 g/mol. The maximum Gasteiger partial charge on any atom is 0.0440 e. The van der Waals surface area contributed by atoms with Crippen LogP contribution in [0.15, 0.2) is 12.4 Å². The molecule has 0 N–H and O–H groups in total. The molecule has 0 bridgehead atoms. The van der Waals surface area contributed by atoms with E-state index in [1.165, 1.54) is 7.14 Å². The summed E-state index contributed by atoms with van der Waals surface area (Å²) in [5.41, 5.74) is 0. The van der Waals surface area contributed by atoms with Gasteiger partial charge in [-0.25, -0.2) is 0 Å². The Morgan fingerprint density at radius 2 is 1.62 bits per heavy atom. The average Bonchev–Trinajstić information content (AvgIpc) is 1.85. The van der Waals surface area contributed by atoms with Crippen LogP contribution < -0.4 is 0 Å². The van der Waals surface area contributed by atoms with Crippen molar-refractivity contribution in [1.82, 2.24) is 4.57 Å². The lowest BCUT2D eigenvalue weighted by molar-refractivity contribution is 0.924. The molecule has 0 saturated heterocycles. The van der Waals surface area contributed by atoms with Gasteiger partial charge in [0.25, 0.3) is 0 Å². The van der Waals surface area contributed by atoms with Crippen LogP contribution in [0, 0.1) is 7.14 Å². The Labute approximate surface area is 75.7 Å². The van der Waals surface area contributed by atoms with E-state index >= 15 is 0 Å². The van der Waals surface area contributed by atoms with Gasteiger partial charge in [0.2, 0.25) is 0 Å². The number of hydrogen-bond acceptors (Lipinski definition) is 0. The van der Waals surface area contributed by atoms with Gasteiger partial charge in [0, 0.05) is 26.6 Å². The molecule has 1 nitrogen and oxygen atoms in total. The molecule has 0 aliphatic rings. The van der Waals surface area contributed by atoms with E-state index in [0.29, 0.717) is 0 Å². The molecule has 0 spiro atoms. The molecule has 0 aliphatic heterocycles. The minimum Gasteiger partial charge on any atom is -0.355 e. The van der Waals surface area contributed by atoms with Gasteiger partial charge in [0.05, 0.1) is 0 Å². The Balaban J connectivity index is 3.14. The largest absolute Gasteiger partial charge is 0.355 e. The third-order valence-electron chi connectivity index (χ3n) is 0.862. The minimum atomic E-state index is 1.32. The van der Waals surface area contributed by atoms with Gasteiger partial charge in [-0.3, -0.25) is 0 Å². The van der Waals surface area contributed by atoms with Crippen LogP contribution in [0.5, 0.6) is 0 Å². The zero-order chi connectivity index (χ0) is 6.15. The topological polar surface area (TPSA) is 4.93 Å². The highest BCUT2D eigenvalue weighted by atomic mass is 127. The summed E-state index contributed by atoms with van der Waals surface area (Å²) in [6.07, 6.45) is 4.20. The summed E-state index contributed by atoms with van der Waals surface area (Å²) in [7, 11) is 2.03. The van der Waals surface area contributed by atoms with Crippen molar-refractivity contribution in [3.63, 3.8) is 0 Å². The molecule has 0 amide bonds.